The third kappa shape index (κ3) is 6.31. The van der Waals surface area contributed by atoms with Crippen molar-refractivity contribution in [1.82, 2.24) is 5.32 Å². The van der Waals surface area contributed by atoms with E-state index in [1.807, 2.05) is 18.2 Å². The number of amides is 1. The molecule has 0 bridgehead atoms. The average Bonchev–Trinajstić information content (AvgIpc) is 2.74. The summed E-state index contributed by atoms with van der Waals surface area (Å²) in [5, 5.41) is 3.12. The molecule has 3 N–H and O–H groups in total. The summed E-state index contributed by atoms with van der Waals surface area (Å²) in [5.74, 6) is 1.47. The van der Waals surface area contributed by atoms with Gasteiger partial charge in [-0.3, -0.25) is 4.79 Å². The summed E-state index contributed by atoms with van der Waals surface area (Å²) in [5.41, 5.74) is 3.81. The first-order valence-corrected chi connectivity index (χ1v) is 10.7. The maximum absolute atomic E-state index is 12.4. The third-order valence-corrected chi connectivity index (χ3v) is 5.93. The molecule has 1 heterocycles. The van der Waals surface area contributed by atoms with Crippen molar-refractivity contribution < 1.29 is 19.3 Å². The molecular formula is C24H35N3O2+2. The highest BCUT2D eigenvalue weighted by molar-refractivity contribution is 5.76. The summed E-state index contributed by atoms with van der Waals surface area (Å²) < 4.78 is 5.52. The van der Waals surface area contributed by atoms with Gasteiger partial charge >= 0.3 is 0 Å². The van der Waals surface area contributed by atoms with Crippen LogP contribution in [0.15, 0.2) is 48.5 Å². The van der Waals surface area contributed by atoms with Gasteiger partial charge in [0.25, 0.3) is 5.91 Å². The van der Waals surface area contributed by atoms with Gasteiger partial charge in [-0.05, 0) is 30.5 Å². The van der Waals surface area contributed by atoms with Crippen molar-refractivity contribution in [1.29, 1.82) is 0 Å². The number of carbonyl (C=O) groups excluding carboxylic acids is 1. The topological polar surface area (TPSA) is 47.2 Å². The van der Waals surface area contributed by atoms with Gasteiger partial charge in [0, 0.05) is 12.1 Å². The van der Waals surface area contributed by atoms with E-state index in [0.29, 0.717) is 19.0 Å². The average molecular weight is 398 g/mol. The lowest BCUT2D eigenvalue weighted by atomic mass is 10.0. The minimum absolute atomic E-state index is 0.159. The third-order valence-electron chi connectivity index (χ3n) is 5.93. The molecular weight excluding hydrogens is 362 g/mol. The van der Waals surface area contributed by atoms with Crippen LogP contribution in [0, 0.1) is 6.92 Å². The Labute approximate surface area is 174 Å². The maximum atomic E-state index is 12.4. The molecule has 29 heavy (non-hydrogen) atoms. The van der Waals surface area contributed by atoms with Crippen LogP contribution in [0.3, 0.4) is 0 Å². The highest BCUT2D eigenvalue weighted by atomic mass is 16.5. The standard InChI is InChI=1S/C24H33N3O2/c1-19-9-10-23(29-3)22(15-19)17-26-11-13-27(14-12-26)18-24(28)25-16-20(2)21-7-5-4-6-8-21/h4-10,15,20H,11-14,16-18H2,1-3H3,(H,25,28)/p+2/t20-/m1/s1. The Balaban J connectivity index is 1.40. The second kappa shape index (κ2) is 10.4. The maximum Gasteiger partial charge on any atom is 0.275 e. The summed E-state index contributed by atoms with van der Waals surface area (Å²) in [6.45, 7) is 10.8. The summed E-state index contributed by atoms with van der Waals surface area (Å²) in [6, 6.07) is 16.7. The molecule has 0 unspecified atom stereocenters. The number of hydrogen-bond donors (Lipinski definition) is 3. The largest absolute Gasteiger partial charge is 0.496 e. The minimum Gasteiger partial charge on any atom is -0.496 e. The second-order valence-electron chi connectivity index (χ2n) is 8.28. The number of piperazine rings is 1. The van der Waals surface area contributed by atoms with Crippen LogP contribution >= 0.6 is 0 Å². The van der Waals surface area contributed by atoms with Gasteiger partial charge in [0.2, 0.25) is 0 Å². The predicted octanol–water partition coefficient (Wildman–Crippen LogP) is 0.207. The van der Waals surface area contributed by atoms with E-state index < -0.39 is 0 Å². The van der Waals surface area contributed by atoms with Crippen molar-refractivity contribution in [2.45, 2.75) is 26.3 Å². The number of methoxy groups -OCH3 is 1. The van der Waals surface area contributed by atoms with E-state index in [2.05, 4.69) is 49.5 Å². The van der Waals surface area contributed by atoms with Gasteiger partial charge in [0.15, 0.2) is 6.54 Å². The van der Waals surface area contributed by atoms with E-state index in [-0.39, 0.29) is 5.91 Å². The Morgan fingerprint density at radius 2 is 1.76 bits per heavy atom. The van der Waals surface area contributed by atoms with Crippen LogP contribution in [0.2, 0.25) is 0 Å². The normalized spacial score (nSPS) is 20.1. The molecule has 156 valence electrons. The molecule has 1 amide bonds. The van der Waals surface area contributed by atoms with Crippen molar-refractivity contribution in [3.8, 4) is 5.75 Å². The predicted molar refractivity (Wildman–Crippen MR) is 116 cm³/mol. The van der Waals surface area contributed by atoms with Crippen molar-refractivity contribution in [2.24, 2.45) is 0 Å². The first kappa shape index (κ1) is 21.3. The van der Waals surface area contributed by atoms with Crippen molar-refractivity contribution in [3.05, 3.63) is 65.2 Å². The van der Waals surface area contributed by atoms with Crippen molar-refractivity contribution in [3.63, 3.8) is 0 Å². The molecule has 2 aromatic rings. The number of rotatable bonds is 8. The summed E-state index contributed by atoms with van der Waals surface area (Å²) >= 11 is 0. The van der Waals surface area contributed by atoms with Crippen LogP contribution in [-0.2, 0) is 11.3 Å². The fourth-order valence-corrected chi connectivity index (χ4v) is 4.08. The molecule has 1 atom stereocenters. The molecule has 3 rings (SSSR count). The van der Waals surface area contributed by atoms with Crippen LogP contribution in [0.1, 0.15) is 29.5 Å². The first-order valence-electron chi connectivity index (χ1n) is 10.7. The fourth-order valence-electron chi connectivity index (χ4n) is 4.08. The van der Waals surface area contributed by atoms with Crippen LogP contribution < -0.4 is 19.9 Å². The first-order chi connectivity index (χ1) is 14.0. The van der Waals surface area contributed by atoms with Crippen molar-refractivity contribution in [2.75, 3.05) is 46.4 Å². The number of carbonyl (C=O) groups is 1. The second-order valence-corrected chi connectivity index (χ2v) is 8.28. The molecule has 0 aliphatic carbocycles. The Morgan fingerprint density at radius 1 is 1.07 bits per heavy atom. The summed E-state index contributed by atoms with van der Waals surface area (Å²) in [6.07, 6.45) is 0. The number of hydrogen-bond acceptors (Lipinski definition) is 2. The SMILES string of the molecule is COc1ccc(C)cc1C[NH+]1CC[NH+](CC(=O)NC[C@@H](C)c2ccccc2)CC1. The number of aryl methyl sites for hydroxylation is 1. The van der Waals surface area contributed by atoms with Gasteiger partial charge in [-0.2, -0.15) is 0 Å². The Morgan fingerprint density at radius 3 is 2.45 bits per heavy atom. The van der Waals surface area contributed by atoms with E-state index in [9.17, 15) is 4.79 Å². The van der Waals surface area contributed by atoms with Crippen LogP contribution in [0.5, 0.6) is 5.75 Å². The molecule has 1 fully saturated rings. The molecule has 0 radical (unpaired) electrons. The lowest BCUT2D eigenvalue weighted by molar-refractivity contribution is -1.02. The van der Waals surface area contributed by atoms with Gasteiger partial charge < -0.3 is 19.9 Å². The number of benzene rings is 2. The quantitative estimate of drug-likeness (QED) is 0.596. The number of ether oxygens (including phenoxy) is 1. The summed E-state index contributed by atoms with van der Waals surface area (Å²) in [4.78, 5) is 15.3. The molecule has 5 heteroatoms. The lowest BCUT2D eigenvalue weighted by Gasteiger charge is -2.29. The molecule has 0 spiro atoms. The Kier molecular flexibility index (Phi) is 7.67. The Hall–Kier alpha value is -2.37. The van der Waals surface area contributed by atoms with Crippen LogP contribution in [0.25, 0.3) is 0 Å². The van der Waals surface area contributed by atoms with Crippen molar-refractivity contribution >= 4 is 5.91 Å². The van der Waals surface area contributed by atoms with Crippen LogP contribution in [-0.4, -0.2) is 52.3 Å². The van der Waals surface area contributed by atoms with Crippen LogP contribution in [0.4, 0.5) is 0 Å². The zero-order chi connectivity index (χ0) is 20.6. The minimum atomic E-state index is 0.159. The fraction of sp³-hybridized carbons (Fsp3) is 0.458. The molecule has 1 aliphatic rings. The van der Waals surface area contributed by atoms with E-state index in [1.54, 1.807) is 12.0 Å². The highest BCUT2D eigenvalue weighted by Crippen LogP contribution is 2.18. The zero-order valence-corrected chi connectivity index (χ0v) is 18.0. The molecule has 0 saturated carbocycles. The monoisotopic (exact) mass is 397 g/mol. The molecule has 1 saturated heterocycles. The zero-order valence-electron chi connectivity index (χ0n) is 18.0. The van der Waals surface area contributed by atoms with E-state index in [0.717, 1.165) is 38.5 Å². The Bertz CT molecular complexity index is 786. The van der Waals surface area contributed by atoms with Gasteiger partial charge in [0.1, 0.15) is 38.5 Å². The van der Waals surface area contributed by atoms with E-state index in [4.69, 9.17) is 4.74 Å². The van der Waals surface area contributed by atoms with E-state index in [1.165, 1.54) is 21.6 Å². The van der Waals surface area contributed by atoms with Gasteiger partial charge in [-0.1, -0.05) is 48.9 Å². The molecule has 0 aromatic heterocycles. The lowest BCUT2D eigenvalue weighted by Crippen LogP contribution is -3.28. The van der Waals surface area contributed by atoms with Gasteiger partial charge in [0.05, 0.1) is 7.11 Å². The smallest absolute Gasteiger partial charge is 0.275 e. The number of nitrogens with one attached hydrogen (secondary N) is 3. The molecule has 2 aromatic carbocycles. The van der Waals surface area contributed by atoms with E-state index >= 15 is 0 Å². The van der Waals surface area contributed by atoms with Gasteiger partial charge in [-0.15, -0.1) is 0 Å². The molecule has 5 nitrogen and oxygen atoms in total. The highest BCUT2D eigenvalue weighted by Gasteiger charge is 2.25. The molecule has 1 aliphatic heterocycles. The summed E-state index contributed by atoms with van der Waals surface area (Å²) in [7, 11) is 1.74. The van der Waals surface area contributed by atoms with Gasteiger partial charge in [-0.25, -0.2) is 0 Å². The number of quaternary nitrogens is 2.